The molecule has 0 unspecified atom stereocenters. The van der Waals surface area contributed by atoms with E-state index in [9.17, 15) is 9.59 Å². The summed E-state index contributed by atoms with van der Waals surface area (Å²) in [5.41, 5.74) is 2.91. The molecule has 29 heavy (non-hydrogen) atoms. The van der Waals surface area contributed by atoms with E-state index in [1.807, 2.05) is 55.5 Å². The average Bonchev–Trinajstić information content (AvgIpc) is 3.09. The Morgan fingerprint density at radius 3 is 2.31 bits per heavy atom. The minimum atomic E-state index is -0.500. The zero-order valence-corrected chi connectivity index (χ0v) is 16.6. The van der Waals surface area contributed by atoms with E-state index >= 15 is 0 Å². The van der Waals surface area contributed by atoms with Gasteiger partial charge in [-0.25, -0.2) is 4.79 Å². The van der Waals surface area contributed by atoms with E-state index in [0.29, 0.717) is 24.4 Å². The first kappa shape index (κ1) is 18.9. The monoisotopic (exact) mass is 393 g/mol. The summed E-state index contributed by atoms with van der Waals surface area (Å²) in [7, 11) is 3.28. The predicted octanol–water partition coefficient (Wildman–Crippen LogP) is 3.09. The molecule has 4 rings (SSSR count). The highest BCUT2D eigenvalue weighted by atomic mass is 16.5. The first-order valence-corrected chi connectivity index (χ1v) is 9.49. The number of hydrogen-bond acceptors (Lipinski definition) is 4. The maximum Gasteiger partial charge on any atom is 0.322 e. The first-order valence-electron chi connectivity index (χ1n) is 9.49. The predicted molar refractivity (Wildman–Crippen MR) is 109 cm³/mol. The van der Waals surface area contributed by atoms with Crippen molar-refractivity contribution in [1.82, 2.24) is 10.2 Å². The van der Waals surface area contributed by atoms with Gasteiger partial charge in [-0.3, -0.25) is 9.69 Å². The molecule has 7 heteroatoms. The Hall–Kier alpha value is -3.48. The molecular formula is C22H23N3O4. The quantitative estimate of drug-likeness (QED) is 0.847. The van der Waals surface area contributed by atoms with Crippen LogP contribution in [0.5, 0.6) is 11.5 Å². The smallest absolute Gasteiger partial charge is 0.322 e. The molecule has 2 aromatic carbocycles. The van der Waals surface area contributed by atoms with Crippen LogP contribution < -0.4 is 19.7 Å². The molecule has 0 aromatic heterocycles. The Morgan fingerprint density at radius 1 is 1.03 bits per heavy atom. The number of rotatable bonds is 5. The summed E-state index contributed by atoms with van der Waals surface area (Å²) < 4.78 is 10.7. The number of urea groups is 1. The molecule has 0 radical (unpaired) electrons. The third-order valence-corrected chi connectivity index (χ3v) is 5.27. The fraction of sp³-hybridized carbons (Fsp3) is 0.273. The minimum absolute atomic E-state index is 0.114. The highest BCUT2D eigenvalue weighted by molar-refractivity contribution is 6.11. The number of carbonyl (C=O) groups is 2. The number of nitrogens with one attached hydrogen (secondary N) is 1. The van der Waals surface area contributed by atoms with Gasteiger partial charge in [0.05, 0.1) is 37.6 Å². The summed E-state index contributed by atoms with van der Waals surface area (Å²) in [5.74, 6) is 1.36. The van der Waals surface area contributed by atoms with Crippen LogP contribution in [-0.2, 0) is 4.79 Å². The molecule has 2 heterocycles. The third-order valence-electron chi connectivity index (χ3n) is 5.27. The number of carbonyl (C=O) groups excluding carboxylic acids is 2. The molecule has 0 saturated heterocycles. The van der Waals surface area contributed by atoms with Crippen LogP contribution in [0.3, 0.4) is 0 Å². The van der Waals surface area contributed by atoms with E-state index in [4.69, 9.17) is 9.47 Å². The van der Waals surface area contributed by atoms with Crippen LogP contribution in [0.25, 0.3) is 0 Å². The summed E-state index contributed by atoms with van der Waals surface area (Å²) in [6.07, 6.45) is 0. The van der Waals surface area contributed by atoms with Gasteiger partial charge in [0.1, 0.15) is 11.5 Å². The van der Waals surface area contributed by atoms with Crippen molar-refractivity contribution in [1.29, 1.82) is 0 Å². The van der Waals surface area contributed by atoms with Gasteiger partial charge in [0.25, 0.3) is 5.91 Å². The Balaban J connectivity index is 1.67. The summed E-state index contributed by atoms with van der Waals surface area (Å²) in [6.45, 7) is 2.85. The van der Waals surface area contributed by atoms with Crippen molar-refractivity contribution in [3.05, 3.63) is 65.4 Å². The summed E-state index contributed by atoms with van der Waals surface area (Å²) in [6, 6.07) is 14.1. The van der Waals surface area contributed by atoms with Crippen molar-refractivity contribution in [2.24, 2.45) is 0 Å². The summed E-state index contributed by atoms with van der Waals surface area (Å²) in [5, 5.41) is 2.94. The zero-order valence-electron chi connectivity index (χ0n) is 16.6. The highest BCUT2D eigenvalue weighted by Crippen LogP contribution is 2.38. The minimum Gasteiger partial charge on any atom is -0.497 e. The maximum absolute atomic E-state index is 13.3. The maximum atomic E-state index is 13.3. The van der Waals surface area contributed by atoms with Crippen LogP contribution in [0.1, 0.15) is 18.5 Å². The van der Waals surface area contributed by atoms with Crippen molar-refractivity contribution in [3.63, 3.8) is 0 Å². The SMILES string of the molecule is CCOc1ccc(N2CC3=C(C2=O)[C@H](c2ccc(OC)cc2)NC(=O)N3C)cc1. The molecule has 0 aliphatic carbocycles. The molecule has 0 bridgehead atoms. The molecule has 0 fully saturated rings. The van der Waals surface area contributed by atoms with Crippen molar-refractivity contribution in [2.45, 2.75) is 13.0 Å². The zero-order chi connectivity index (χ0) is 20.5. The third kappa shape index (κ3) is 3.29. The Bertz CT molecular complexity index is 967. The second-order valence-corrected chi connectivity index (χ2v) is 6.89. The van der Waals surface area contributed by atoms with Gasteiger partial charge >= 0.3 is 6.03 Å². The van der Waals surface area contributed by atoms with Gasteiger partial charge in [0, 0.05) is 12.7 Å². The lowest BCUT2D eigenvalue weighted by Gasteiger charge is -2.31. The topological polar surface area (TPSA) is 71.1 Å². The molecule has 7 nitrogen and oxygen atoms in total. The van der Waals surface area contributed by atoms with Gasteiger partial charge in [0.15, 0.2) is 0 Å². The molecule has 2 aliphatic heterocycles. The molecule has 150 valence electrons. The number of likely N-dealkylation sites (N-methyl/N-ethyl adjacent to an activating group) is 1. The van der Waals surface area contributed by atoms with Crippen molar-refractivity contribution in [2.75, 3.05) is 32.2 Å². The number of nitrogens with zero attached hydrogens (tertiary/aromatic N) is 2. The van der Waals surface area contributed by atoms with E-state index in [-0.39, 0.29) is 11.9 Å². The van der Waals surface area contributed by atoms with Crippen LogP contribution >= 0.6 is 0 Å². The molecule has 2 aliphatic rings. The van der Waals surface area contributed by atoms with Gasteiger partial charge in [-0.15, -0.1) is 0 Å². The molecule has 1 atom stereocenters. The van der Waals surface area contributed by atoms with Gasteiger partial charge < -0.3 is 19.7 Å². The summed E-state index contributed by atoms with van der Waals surface area (Å²) in [4.78, 5) is 29.1. The lowest BCUT2D eigenvalue weighted by Crippen LogP contribution is -2.45. The Labute approximate surface area is 169 Å². The Morgan fingerprint density at radius 2 is 1.69 bits per heavy atom. The van der Waals surface area contributed by atoms with Gasteiger partial charge in [-0.1, -0.05) is 12.1 Å². The lowest BCUT2D eigenvalue weighted by molar-refractivity contribution is -0.114. The van der Waals surface area contributed by atoms with E-state index in [1.165, 1.54) is 4.90 Å². The average molecular weight is 393 g/mol. The van der Waals surface area contributed by atoms with E-state index in [0.717, 1.165) is 22.7 Å². The van der Waals surface area contributed by atoms with Crippen LogP contribution in [0.4, 0.5) is 10.5 Å². The number of ether oxygens (including phenoxy) is 2. The second kappa shape index (κ2) is 7.50. The van der Waals surface area contributed by atoms with Crippen LogP contribution in [0.15, 0.2) is 59.8 Å². The largest absolute Gasteiger partial charge is 0.497 e. The molecule has 0 saturated carbocycles. The standard InChI is InChI=1S/C22H23N3O4/c1-4-29-17-11-7-15(8-12-17)25-13-18-19(21(25)26)20(23-22(27)24(18)2)14-5-9-16(28-3)10-6-14/h5-12,20H,4,13H2,1-3H3,(H,23,27)/t20-/m0/s1. The number of benzene rings is 2. The van der Waals surface area contributed by atoms with Gasteiger partial charge in [0.2, 0.25) is 0 Å². The number of hydrogen-bond donors (Lipinski definition) is 1. The number of methoxy groups -OCH3 is 1. The number of amides is 3. The Kier molecular flexibility index (Phi) is 4.88. The normalized spacial score (nSPS) is 18.7. The van der Waals surface area contributed by atoms with E-state index in [2.05, 4.69) is 5.32 Å². The molecule has 0 spiro atoms. The van der Waals surface area contributed by atoms with Crippen LogP contribution in [-0.4, -0.2) is 44.1 Å². The van der Waals surface area contributed by atoms with Crippen molar-refractivity contribution in [3.8, 4) is 11.5 Å². The van der Waals surface area contributed by atoms with Crippen molar-refractivity contribution < 1.29 is 19.1 Å². The van der Waals surface area contributed by atoms with Gasteiger partial charge in [-0.2, -0.15) is 0 Å². The highest BCUT2D eigenvalue weighted by Gasteiger charge is 2.43. The van der Waals surface area contributed by atoms with E-state index in [1.54, 1.807) is 19.1 Å². The fourth-order valence-corrected chi connectivity index (χ4v) is 3.71. The number of anilines is 1. The van der Waals surface area contributed by atoms with Crippen molar-refractivity contribution >= 4 is 17.6 Å². The van der Waals surface area contributed by atoms with Gasteiger partial charge in [-0.05, 0) is 48.9 Å². The lowest BCUT2D eigenvalue weighted by atomic mass is 9.95. The second-order valence-electron chi connectivity index (χ2n) is 6.89. The first-order chi connectivity index (χ1) is 14.0. The summed E-state index contributed by atoms with van der Waals surface area (Å²) >= 11 is 0. The van der Waals surface area contributed by atoms with E-state index < -0.39 is 6.04 Å². The molecule has 2 aromatic rings. The fourth-order valence-electron chi connectivity index (χ4n) is 3.71. The molecule has 1 N–H and O–H groups in total. The molecular weight excluding hydrogens is 370 g/mol. The van der Waals surface area contributed by atoms with Crippen LogP contribution in [0.2, 0.25) is 0 Å². The molecule has 3 amide bonds. The van der Waals surface area contributed by atoms with Crippen LogP contribution in [0, 0.1) is 0 Å².